The first-order chi connectivity index (χ1) is 21.4. The molecule has 1 aliphatic rings. The molecule has 1 aliphatic heterocycles. The second-order valence-corrected chi connectivity index (χ2v) is 14.6. The number of aliphatic carboxylic acids is 1. The zero-order valence-electron chi connectivity index (χ0n) is 25.8. The predicted octanol–water partition coefficient (Wildman–Crippen LogP) is 3.52. The molecule has 12 nitrogen and oxygen atoms in total. The standard InChI is InChI=1S/C27H40N3O7PS.C2HF3O2/c1-4-6-12-27(5-2)19-39(35,36)24-15-21(17-29-25(31)18-28-13-14-38(32,33)34)23(37-3)16-22(24)26(30-27)20-10-8-7-9-11-20;3-2(4,5)1(6)7/h7-11,15-16,26,28,30H,4-6,12-14,17-19H2,1-3H3,(H,29,31)(H2,32,33,34);(H,6,7)/t26-,27-;/m1./s1. The average molecular weight is 696 g/mol. The maximum Gasteiger partial charge on any atom is 0.490 e. The summed E-state index contributed by atoms with van der Waals surface area (Å²) in [6.45, 7) is 4.00. The summed E-state index contributed by atoms with van der Waals surface area (Å²) in [6.07, 6.45) is -2.22. The van der Waals surface area contributed by atoms with Gasteiger partial charge in [-0.2, -0.15) is 13.2 Å². The Morgan fingerprint density at radius 2 is 1.78 bits per heavy atom. The van der Waals surface area contributed by atoms with Gasteiger partial charge in [-0.3, -0.25) is 14.7 Å². The van der Waals surface area contributed by atoms with Gasteiger partial charge in [0.2, 0.25) is 5.91 Å². The van der Waals surface area contributed by atoms with E-state index in [4.69, 9.17) is 24.4 Å². The van der Waals surface area contributed by atoms with Crippen LogP contribution >= 0.6 is 7.60 Å². The van der Waals surface area contributed by atoms with Gasteiger partial charge in [0.05, 0.1) is 36.5 Å². The zero-order valence-corrected chi connectivity index (χ0v) is 27.5. The van der Waals surface area contributed by atoms with Crippen LogP contribution in [0.15, 0.2) is 47.4 Å². The summed E-state index contributed by atoms with van der Waals surface area (Å²) in [4.78, 5) is 39.3. The Hall–Kier alpha value is -3.01. The number of methoxy groups -OCH3 is 1. The van der Waals surface area contributed by atoms with Crippen LogP contribution in [0.4, 0.5) is 13.2 Å². The first-order valence-electron chi connectivity index (χ1n) is 14.5. The molecule has 0 saturated carbocycles. The van der Waals surface area contributed by atoms with Crippen molar-refractivity contribution in [2.24, 2.45) is 0 Å². The number of benzene rings is 2. The first kappa shape index (κ1) is 39.2. The molecule has 1 heterocycles. The third-order valence-electron chi connectivity index (χ3n) is 7.38. The molecule has 258 valence electrons. The van der Waals surface area contributed by atoms with Gasteiger partial charge < -0.3 is 30.3 Å². The third-order valence-corrected chi connectivity index (χ3v) is 10.1. The highest BCUT2D eigenvalue weighted by Crippen LogP contribution is 2.41. The number of halogens is 3. The Bertz CT molecular complexity index is 1490. The molecule has 0 fully saturated rings. The minimum Gasteiger partial charge on any atom is -0.496 e. The van der Waals surface area contributed by atoms with Gasteiger partial charge in [-0.15, -0.1) is 0 Å². The number of hydrogen-bond donors (Lipinski definition) is 6. The molecule has 3 rings (SSSR count). The molecule has 0 unspecified atom stereocenters. The fourth-order valence-electron chi connectivity index (χ4n) is 4.94. The van der Waals surface area contributed by atoms with Crippen molar-refractivity contribution >= 4 is 29.3 Å². The second-order valence-electron chi connectivity index (χ2n) is 10.8. The minimum atomic E-state index is -5.08. The Kier molecular flexibility index (Phi) is 14.2. The number of hydrogen-bond acceptors (Lipinski definition) is 8. The van der Waals surface area contributed by atoms with E-state index in [0.29, 0.717) is 23.3 Å². The van der Waals surface area contributed by atoms with Gasteiger partial charge >= 0.3 is 19.7 Å². The number of unbranched alkanes of at least 4 members (excludes halogenated alkanes) is 1. The van der Waals surface area contributed by atoms with Crippen LogP contribution in [0.3, 0.4) is 0 Å². The summed E-state index contributed by atoms with van der Waals surface area (Å²) in [6, 6.07) is 12.8. The molecule has 0 aromatic heterocycles. The average Bonchev–Trinajstić information content (AvgIpc) is 3.08. The molecule has 0 aliphatic carbocycles. The molecule has 2 aromatic carbocycles. The smallest absolute Gasteiger partial charge is 0.490 e. The molecule has 1 amide bonds. The van der Waals surface area contributed by atoms with Crippen LogP contribution in [0.25, 0.3) is 0 Å². The molecule has 2 aromatic rings. The third kappa shape index (κ3) is 11.7. The molecular formula is C29H41F3N3O9PS. The van der Waals surface area contributed by atoms with Gasteiger partial charge in [-0.05, 0) is 36.1 Å². The van der Waals surface area contributed by atoms with E-state index in [1.807, 2.05) is 37.3 Å². The SMILES string of the molecule is CCCC[C@]1(CC)CS(=O)(=O)c2cc(CNC(=O)CNCCP(=O)(O)O)c(OC)cc2[C@@H](c2ccccc2)N1.O=C(O)C(F)(F)F. The van der Waals surface area contributed by atoms with Gasteiger partial charge in [0.25, 0.3) is 0 Å². The van der Waals surface area contributed by atoms with E-state index >= 15 is 0 Å². The van der Waals surface area contributed by atoms with E-state index < -0.39 is 41.0 Å². The maximum absolute atomic E-state index is 13.9. The Balaban J connectivity index is 0.000000942. The first-order valence-corrected chi connectivity index (χ1v) is 17.9. The van der Waals surface area contributed by atoms with Gasteiger partial charge in [0.1, 0.15) is 5.75 Å². The molecule has 46 heavy (non-hydrogen) atoms. The zero-order chi connectivity index (χ0) is 34.8. The molecule has 0 spiro atoms. The van der Waals surface area contributed by atoms with Crippen LogP contribution in [-0.4, -0.2) is 79.0 Å². The second kappa shape index (κ2) is 16.7. The van der Waals surface area contributed by atoms with Crippen molar-refractivity contribution in [3.8, 4) is 5.75 Å². The number of carbonyl (C=O) groups is 2. The summed E-state index contributed by atoms with van der Waals surface area (Å²) < 4.78 is 76.2. The van der Waals surface area contributed by atoms with E-state index in [9.17, 15) is 30.9 Å². The molecule has 17 heteroatoms. The van der Waals surface area contributed by atoms with Crippen LogP contribution < -0.4 is 20.7 Å². The van der Waals surface area contributed by atoms with E-state index in [0.717, 1.165) is 24.8 Å². The van der Waals surface area contributed by atoms with E-state index in [1.54, 1.807) is 12.1 Å². The van der Waals surface area contributed by atoms with Gasteiger partial charge in [0, 0.05) is 24.2 Å². The number of amides is 1. The lowest BCUT2D eigenvalue weighted by Gasteiger charge is -2.36. The number of nitrogens with one attached hydrogen (secondary N) is 3. The normalized spacial score (nSPS) is 19.2. The Morgan fingerprint density at radius 1 is 1.15 bits per heavy atom. The highest BCUT2D eigenvalue weighted by Gasteiger charge is 2.42. The molecule has 0 saturated heterocycles. The largest absolute Gasteiger partial charge is 0.496 e. The number of carboxylic acid groups (broad SMARTS) is 1. The summed E-state index contributed by atoms with van der Waals surface area (Å²) in [5, 5.41) is 16.3. The summed E-state index contributed by atoms with van der Waals surface area (Å²) in [5.41, 5.74) is 1.48. The molecular weight excluding hydrogens is 654 g/mol. The van der Waals surface area contributed by atoms with Crippen LogP contribution in [0.5, 0.6) is 5.75 Å². The summed E-state index contributed by atoms with van der Waals surface area (Å²) in [5.74, 6) is -2.73. The van der Waals surface area contributed by atoms with Crippen LogP contribution in [0, 0.1) is 0 Å². The van der Waals surface area contributed by atoms with Crippen LogP contribution in [0.1, 0.15) is 62.3 Å². The summed E-state index contributed by atoms with van der Waals surface area (Å²) in [7, 11) is -6.35. The summed E-state index contributed by atoms with van der Waals surface area (Å²) >= 11 is 0. The fourth-order valence-corrected chi connectivity index (χ4v) is 7.56. The topological polar surface area (TPSA) is 191 Å². The number of carboxylic acids is 1. The lowest BCUT2D eigenvalue weighted by Crippen LogP contribution is -2.50. The number of carbonyl (C=O) groups excluding carboxylic acids is 1. The molecule has 2 atom stereocenters. The fraction of sp³-hybridized carbons (Fsp3) is 0.517. The van der Waals surface area contributed by atoms with Crippen LogP contribution in [0.2, 0.25) is 0 Å². The minimum absolute atomic E-state index is 0.0107. The van der Waals surface area contributed by atoms with Gasteiger partial charge in [-0.25, -0.2) is 13.2 Å². The number of ether oxygens (including phenoxy) is 1. The van der Waals surface area contributed by atoms with Crippen molar-refractivity contribution in [2.45, 2.75) is 68.7 Å². The molecule has 0 bridgehead atoms. The van der Waals surface area contributed by atoms with Crippen LogP contribution in [-0.2, 0) is 30.5 Å². The molecule has 6 N–H and O–H groups in total. The van der Waals surface area contributed by atoms with Crippen molar-refractivity contribution in [2.75, 3.05) is 32.1 Å². The van der Waals surface area contributed by atoms with E-state index in [2.05, 4.69) is 22.9 Å². The van der Waals surface area contributed by atoms with Crippen molar-refractivity contribution < 1.29 is 55.4 Å². The van der Waals surface area contributed by atoms with Crippen molar-refractivity contribution in [3.05, 3.63) is 59.2 Å². The molecule has 0 radical (unpaired) electrons. The van der Waals surface area contributed by atoms with E-state index in [-0.39, 0.29) is 42.5 Å². The monoisotopic (exact) mass is 695 g/mol. The Labute approximate surface area is 266 Å². The van der Waals surface area contributed by atoms with Crippen molar-refractivity contribution in [3.63, 3.8) is 0 Å². The van der Waals surface area contributed by atoms with Gasteiger partial charge in [0.15, 0.2) is 9.84 Å². The highest BCUT2D eigenvalue weighted by molar-refractivity contribution is 7.91. The van der Waals surface area contributed by atoms with Crippen molar-refractivity contribution in [1.29, 1.82) is 0 Å². The number of sulfone groups is 1. The highest BCUT2D eigenvalue weighted by atomic mass is 32.2. The van der Waals surface area contributed by atoms with Crippen molar-refractivity contribution in [1.82, 2.24) is 16.0 Å². The van der Waals surface area contributed by atoms with Gasteiger partial charge in [-0.1, -0.05) is 57.0 Å². The quantitative estimate of drug-likeness (QED) is 0.133. The maximum atomic E-state index is 13.9. The number of rotatable bonds is 13. The number of fused-ring (bicyclic) bond motifs is 1. The Morgan fingerprint density at radius 3 is 2.30 bits per heavy atom. The lowest BCUT2D eigenvalue weighted by molar-refractivity contribution is -0.192. The number of alkyl halides is 3. The lowest BCUT2D eigenvalue weighted by atomic mass is 9.88. The van der Waals surface area contributed by atoms with E-state index in [1.165, 1.54) is 7.11 Å². The predicted molar refractivity (Wildman–Crippen MR) is 164 cm³/mol.